The molecular weight excluding hydrogens is 409 g/mol. The molecule has 0 radical (unpaired) electrons. The molecule has 0 fully saturated rings. The SMILES string of the molecule is O=C(CNc1ccc(Cl)cc1)N/N=C\c1cccc(OCc2ccc(Cl)cc2)c1. The summed E-state index contributed by atoms with van der Waals surface area (Å²) in [6.45, 7) is 0.536. The Labute approximate surface area is 179 Å². The zero-order valence-corrected chi connectivity index (χ0v) is 17.0. The molecule has 29 heavy (non-hydrogen) atoms. The maximum Gasteiger partial charge on any atom is 0.259 e. The minimum absolute atomic E-state index is 0.100. The van der Waals surface area contributed by atoms with Crippen molar-refractivity contribution in [1.29, 1.82) is 0 Å². The summed E-state index contributed by atoms with van der Waals surface area (Å²) >= 11 is 11.7. The van der Waals surface area contributed by atoms with Gasteiger partial charge in [-0.25, -0.2) is 5.43 Å². The van der Waals surface area contributed by atoms with Gasteiger partial charge >= 0.3 is 0 Å². The summed E-state index contributed by atoms with van der Waals surface area (Å²) in [6.07, 6.45) is 1.56. The summed E-state index contributed by atoms with van der Waals surface area (Å²) < 4.78 is 5.78. The maximum atomic E-state index is 11.9. The van der Waals surface area contributed by atoms with Gasteiger partial charge in [0, 0.05) is 15.7 Å². The summed E-state index contributed by atoms with van der Waals surface area (Å²) in [5.74, 6) is 0.450. The second-order valence-electron chi connectivity index (χ2n) is 6.14. The zero-order chi connectivity index (χ0) is 20.5. The van der Waals surface area contributed by atoms with E-state index in [2.05, 4.69) is 15.8 Å². The molecule has 0 aliphatic heterocycles. The summed E-state index contributed by atoms with van der Waals surface area (Å²) in [5, 5.41) is 8.31. The smallest absolute Gasteiger partial charge is 0.259 e. The van der Waals surface area contributed by atoms with Gasteiger partial charge in [-0.05, 0) is 59.7 Å². The number of nitrogens with one attached hydrogen (secondary N) is 2. The molecule has 0 spiro atoms. The number of ether oxygens (including phenoxy) is 1. The molecule has 1 amide bonds. The molecule has 0 unspecified atom stereocenters. The number of carbonyl (C=O) groups excluding carboxylic acids is 1. The summed E-state index contributed by atoms with van der Waals surface area (Å²) in [6, 6.07) is 22.0. The molecule has 7 heteroatoms. The van der Waals surface area contributed by atoms with Gasteiger partial charge in [0.1, 0.15) is 12.4 Å². The van der Waals surface area contributed by atoms with Gasteiger partial charge in [-0.1, -0.05) is 47.5 Å². The van der Waals surface area contributed by atoms with E-state index >= 15 is 0 Å². The zero-order valence-electron chi connectivity index (χ0n) is 15.4. The van der Waals surface area contributed by atoms with Crippen molar-refractivity contribution in [3.63, 3.8) is 0 Å². The van der Waals surface area contributed by atoms with Crippen molar-refractivity contribution in [2.75, 3.05) is 11.9 Å². The number of hydrazone groups is 1. The number of rotatable bonds is 8. The molecule has 0 aliphatic carbocycles. The lowest BCUT2D eigenvalue weighted by Gasteiger charge is -2.07. The molecule has 3 aromatic rings. The molecule has 0 saturated carbocycles. The highest BCUT2D eigenvalue weighted by Crippen LogP contribution is 2.16. The molecule has 3 aromatic carbocycles. The Hall–Kier alpha value is -3.02. The first kappa shape index (κ1) is 20.7. The van der Waals surface area contributed by atoms with E-state index in [0.717, 1.165) is 16.8 Å². The summed E-state index contributed by atoms with van der Waals surface area (Å²) in [7, 11) is 0. The van der Waals surface area contributed by atoms with E-state index in [1.807, 2.05) is 48.5 Å². The lowest BCUT2D eigenvalue weighted by Crippen LogP contribution is -2.25. The van der Waals surface area contributed by atoms with Crippen LogP contribution >= 0.6 is 23.2 Å². The van der Waals surface area contributed by atoms with Crippen LogP contribution in [0, 0.1) is 0 Å². The van der Waals surface area contributed by atoms with Gasteiger partial charge in [0.2, 0.25) is 0 Å². The van der Waals surface area contributed by atoms with Crippen LogP contribution in [0.25, 0.3) is 0 Å². The highest BCUT2D eigenvalue weighted by Gasteiger charge is 2.00. The molecule has 2 N–H and O–H groups in total. The van der Waals surface area contributed by atoms with Gasteiger partial charge < -0.3 is 10.1 Å². The first-order valence-corrected chi connectivity index (χ1v) is 9.63. The quantitative estimate of drug-likeness (QED) is 0.386. The standard InChI is InChI=1S/C22H19Cl2N3O2/c23-18-6-4-16(5-7-18)15-29-21-3-1-2-17(12-21)13-26-27-22(28)14-25-20-10-8-19(24)9-11-20/h1-13,25H,14-15H2,(H,27,28)/b26-13-. The van der Waals surface area contributed by atoms with Crippen LogP contribution < -0.4 is 15.5 Å². The Morgan fingerprint density at radius 2 is 1.66 bits per heavy atom. The third-order valence-corrected chi connectivity index (χ3v) is 4.38. The van der Waals surface area contributed by atoms with Gasteiger partial charge in [0.25, 0.3) is 5.91 Å². The molecule has 0 bridgehead atoms. The van der Waals surface area contributed by atoms with Crippen LogP contribution in [-0.4, -0.2) is 18.7 Å². The lowest BCUT2D eigenvalue weighted by atomic mass is 10.2. The number of benzene rings is 3. The van der Waals surface area contributed by atoms with Crippen LogP contribution in [0.15, 0.2) is 77.9 Å². The topological polar surface area (TPSA) is 62.7 Å². The molecule has 0 aliphatic rings. The number of halogens is 2. The second kappa shape index (κ2) is 10.5. The van der Waals surface area contributed by atoms with Crippen molar-refractivity contribution in [3.05, 3.63) is 94.0 Å². The average molecular weight is 428 g/mol. The minimum atomic E-state index is -0.258. The van der Waals surface area contributed by atoms with E-state index in [0.29, 0.717) is 22.4 Å². The van der Waals surface area contributed by atoms with Crippen LogP contribution in [0.4, 0.5) is 5.69 Å². The fourth-order valence-electron chi connectivity index (χ4n) is 2.40. The molecule has 3 rings (SSSR count). The second-order valence-corrected chi connectivity index (χ2v) is 7.01. The summed E-state index contributed by atoms with van der Waals surface area (Å²) in [5.41, 5.74) is 5.12. The van der Waals surface area contributed by atoms with Crippen molar-refractivity contribution in [3.8, 4) is 5.75 Å². The number of carbonyl (C=O) groups is 1. The minimum Gasteiger partial charge on any atom is -0.489 e. The van der Waals surface area contributed by atoms with Crippen molar-refractivity contribution in [2.24, 2.45) is 5.10 Å². The Balaban J connectivity index is 1.46. The third-order valence-electron chi connectivity index (χ3n) is 3.88. The Bertz CT molecular complexity index is 974. The largest absolute Gasteiger partial charge is 0.489 e. The number of hydrogen-bond donors (Lipinski definition) is 2. The fraction of sp³-hybridized carbons (Fsp3) is 0.0909. The lowest BCUT2D eigenvalue weighted by molar-refractivity contribution is -0.119. The normalized spacial score (nSPS) is 10.7. The highest BCUT2D eigenvalue weighted by molar-refractivity contribution is 6.30. The fourth-order valence-corrected chi connectivity index (χ4v) is 2.65. The van der Waals surface area contributed by atoms with Crippen LogP contribution in [0.1, 0.15) is 11.1 Å². The van der Waals surface area contributed by atoms with Gasteiger partial charge in [-0.3, -0.25) is 4.79 Å². The molecule has 148 valence electrons. The van der Waals surface area contributed by atoms with Crippen molar-refractivity contribution in [2.45, 2.75) is 6.61 Å². The Kier molecular flexibility index (Phi) is 7.50. The Morgan fingerprint density at radius 3 is 2.38 bits per heavy atom. The molecule has 0 aromatic heterocycles. The van der Waals surface area contributed by atoms with E-state index in [-0.39, 0.29) is 12.5 Å². The van der Waals surface area contributed by atoms with E-state index in [9.17, 15) is 4.79 Å². The Morgan fingerprint density at radius 1 is 0.966 bits per heavy atom. The summed E-state index contributed by atoms with van der Waals surface area (Å²) in [4.78, 5) is 11.9. The predicted molar refractivity (Wildman–Crippen MR) is 118 cm³/mol. The van der Waals surface area contributed by atoms with E-state index in [1.54, 1.807) is 30.5 Å². The number of amides is 1. The average Bonchev–Trinajstić information content (AvgIpc) is 2.73. The molecule has 0 heterocycles. The molecular formula is C22H19Cl2N3O2. The molecule has 0 atom stereocenters. The van der Waals surface area contributed by atoms with Crippen LogP contribution in [0.3, 0.4) is 0 Å². The highest BCUT2D eigenvalue weighted by atomic mass is 35.5. The van der Waals surface area contributed by atoms with Crippen molar-refractivity contribution < 1.29 is 9.53 Å². The van der Waals surface area contributed by atoms with Gasteiger partial charge in [-0.15, -0.1) is 0 Å². The van der Waals surface area contributed by atoms with Gasteiger partial charge in [0.15, 0.2) is 0 Å². The first-order chi connectivity index (χ1) is 14.1. The van der Waals surface area contributed by atoms with E-state index < -0.39 is 0 Å². The number of hydrogen-bond acceptors (Lipinski definition) is 4. The van der Waals surface area contributed by atoms with Crippen molar-refractivity contribution in [1.82, 2.24) is 5.43 Å². The van der Waals surface area contributed by atoms with Gasteiger partial charge in [0.05, 0.1) is 12.8 Å². The number of anilines is 1. The monoisotopic (exact) mass is 427 g/mol. The first-order valence-electron chi connectivity index (χ1n) is 8.87. The maximum absolute atomic E-state index is 11.9. The van der Waals surface area contributed by atoms with E-state index in [4.69, 9.17) is 27.9 Å². The molecule has 5 nitrogen and oxygen atoms in total. The van der Waals surface area contributed by atoms with Crippen LogP contribution in [0.5, 0.6) is 5.75 Å². The van der Waals surface area contributed by atoms with Crippen molar-refractivity contribution >= 4 is 41.0 Å². The third kappa shape index (κ3) is 7.14. The predicted octanol–water partition coefficient (Wildman–Crippen LogP) is 5.13. The van der Waals surface area contributed by atoms with Crippen LogP contribution in [0.2, 0.25) is 10.0 Å². The van der Waals surface area contributed by atoms with E-state index in [1.165, 1.54) is 0 Å². The van der Waals surface area contributed by atoms with Crippen LogP contribution in [-0.2, 0) is 11.4 Å². The number of nitrogens with zero attached hydrogens (tertiary/aromatic N) is 1. The van der Waals surface area contributed by atoms with Gasteiger partial charge in [-0.2, -0.15) is 5.10 Å². The molecule has 0 saturated heterocycles.